The highest BCUT2D eigenvalue weighted by Gasteiger charge is 2.31. The van der Waals surface area contributed by atoms with Gasteiger partial charge in [0.2, 0.25) is 11.0 Å². The van der Waals surface area contributed by atoms with Crippen LogP contribution < -0.4 is 39.8 Å². The van der Waals surface area contributed by atoms with Gasteiger partial charge >= 0.3 is 0 Å². The highest BCUT2D eigenvalue weighted by Crippen LogP contribution is 2.38. The lowest BCUT2D eigenvalue weighted by Gasteiger charge is -2.20. The van der Waals surface area contributed by atoms with Gasteiger partial charge < -0.3 is 21.9 Å². The zero-order valence-corrected chi connectivity index (χ0v) is 76.1. The molecule has 16 rings (SSSR count). The Morgan fingerprint density at radius 1 is 0.362 bits per heavy atom. The maximum Gasteiger partial charge on any atom is 0.263 e. The number of aromatic nitrogens is 12. The molecule has 16 aromatic rings. The Morgan fingerprint density at radius 3 is 1.11 bits per heavy atom. The number of hydrogen-bond donors (Lipinski definition) is 6. The SMILES string of the molecule is CC(C)(C)c1ccc(S(=O)(=O)Nc2cc(CF)nn2-c2cccc3c2ccc[n+]3[O-])cc1F.CC(C)(C)c1ccc(S(=O)(=O)Nc2cc(CF)nn2-c2cccc3ncccc23)cc1F.Cc1cc(NS(=O)(=O)c2ccc(C(C)(C)C)c(F)c2)n(-c2ccc(N)c3c2ccc[n+]3[O-])n1.Cc1cc(NS(=O)(=O)c2ccc(C(C)(C)C)c(F)c2)n(-c2ccc(N)c3ncccc23)n1. The normalized spacial score (nSPS) is 12.3. The van der Waals surface area contributed by atoms with E-state index < -0.39 is 98.4 Å². The Balaban J connectivity index is 0.000000148. The Hall–Kier alpha value is -14.0. The highest BCUT2D eigenvalue weighted by molar-refractivity contribution is 7.93. The first-order valence-electron chi connectivity index (χ1n) is 40.2. The maximum absolute atomic E-state index is 14.7. The Labute approximate surface area is 746 Å². The molecule has 0 aliphatic heterocycles. The zero-order chi connectivity index (χ0) is 94.4. The number of alkyl halides is 2. The Bertz CT molecular complexity index is 7560. The summed E-state index contributed by atoms with van der Waals surface area (Å²) in [6.07, 6.45) is 5.94. The summed E-state index contributed by atoms with van der Waals surface area (Å²) >= 11 is 0. The second kappa shape index (κ2) is 35.9. The van der Waals surface area contributed by atoms with Gasteiger partial charge in [-0.1, -0.05) is 119 Å². The van der Waals surface area contributed by atoms with E-state index in [1.54, 1.807) is 129 Å². The molecule has 8 aromatic carbocycles. The van der Waals surface area contributed by atoms with Crippen molar-refractivity contribution in [2.45, 2.75) is 152 Å². The number of nitrogens with two attached hydrogens (primary N) is 2. The first-order valence-corrected chi connectivity index (χ1v) is 46.1. The summed E-state index contributed by atoms with van der Waals surface area (Å²) < 4.78 is 206. The minimum Gasteiger partial charge on any atom is -0.618 e. The molecule has 0 unspecified atom stereocenters. The van der Waals surface area contributed by atoms with Gasteiger partial charge in [0.25, 0.3) is 40.1 Å². The first kappa shape index (κ1) is 93.7. The molecule has 0 amide bonds. The highest BCUT2D eigenvalue weighted by atomic mass is 32.2. The topological polar surface area (TPSA) is 388 Å². The van der Waals surface area contributed by atoms with Gasteiger partial charge in [-0.2, -0.15) is 29.9 Å². The number of pyridine rings is 4. The molecule has 8 aromatic heterocycles. The summed E-state index contributed by atoms with van der Waals surface area (Å²) in [5, 5.41) is 44.0. The fourth-order valence-electron chi connectivity index (χ4n) is 14.4. The molecule has 0 fully saturated rings. The van der Waals surface area contributed by atoms with Crippen molar-refractivity contribution < 1.29 is 69.5 Å². The molecule has 0 saturated heterocycles. The monoisotopic (exact) mass is 1850 g/mol. The average Bonchev–Trinajstić information content (AvgIpc) is 1.46. The van der Waals surface area contributed by atoms with Crippen LogP contribution in [0.2, 0.25) is 0 Å². The van der Waals surface area contributed by atoms with Crippen molar-refractivity contribution in [3.8, 4) is 22.7 Å². The van der Waals surface area contributed by atoms with Gasteiger partial charge in [-0.25, -0.2) is 78.7 Å². The Morgan fingerprint density at radius 2 is 0.700 bits per heavy atom. The van der Waals surface area contributed by atoms with Crippen LogP contribution in [0.5, 0.6) is 0 Å². The number of fused-ring (bicyclic) bond motifs is 4. The van der Waals surface area contributed by atoms with Crippen molar-refractivity contribution in [3.05, 3.63) is 310 Å². The van der Waals surface area contributed by atoms with Crippen molar-refractivity contribution in [1.82, 2.24) is 49.1 Å². The summed E-state index contributed by atoms with van der Waals surface area (Å²) in [7, 11) is -16.6. The van der Waals surface area contributed by atoms with E-state index in [9.17, 15) is 70.4 Å². The zero-order valence-electron chi connectivity index (χ0n) is 72.9. The molecular weight excluding hydrogens is 1760 g/mol. The predicted molar refractivity (Wildman–Crippen MR) is 489 cm³/mol. The smallest absolute Gasteiger partial charge is 0.263 e. The van der Waals surface area contributed by atoms with Gasteiger partial charge in [-0.05, 0) is 185 Å². The van der Waals surface area contributed by atoms with Crippen molar-refractivity contribution in [3.63, 3.8) is 0 Å². The lowest BCUT2D eigenvalue weighted by atomic mass is 9.87. The van der Waals surface area contributed by atoms with Crippen molar-refractivity contribution >= 4 is 118 Å². The Kier molecular flexibility index (Phi) is 25.9. The molecule has 676 valence electrons. The molecule has 0 aliphatic carbocycles. The second-order valence-corrected chi connectivity index (χ2v) is 41.3. The third-order valence-corrected chi connectivity index (χ3v) is 26.1. The molecule has 130 heavy (non-hydrogen) atoms. The molecule has 8 N–H and O–H groups in total. The average molecular weight is 1850 g/mol. The molecule has 28 nitrogen and oxygen atoms in total. The minimum absolute atomic E-state index is 0.00936. The van der Waals surface area contributed by atoms with Gasteiger partial charge in [-0.15, -0.1) is 0 Å². The van der Waals surface area contributed by atoms with E-state index in [0.29, 0.717) is 104 Å². The number of hydrogen-bond acceptors (Lipinski definition) is 18. The standard InChI is InChI=1S/C23H22F2N4O3S.C23H22F2N4O2S.C23H24FN5O3S.C23H24FN5O2S/c1-23(2,3)18-10-9-16(13-19(18)25)33(31,32)27-22-12-15(14-24)26-29(22)21-8-4-7-20-17(21)6-5-11-28(20)30;1-23(2,3)18-10-9-16(13-19(18)25)32(30,31)28-22-12-15(14-24)27-29(22)21-8-4-7-20-17(21)6-5-11-26-20;1-14-12-21(27-33(31,32)15-7-8-17(18(24)13-15)23(2,3)4)29(26-14)20-10-9-19(25)22-16(20)6-5-11-28(22)30;1-14-12-21(28-32(30,31)15-7-8-17(18(24)13-15)23(2,3)4)29(27-14)20-10-9-19(25)22-16(20)6-5-11-26-22/h4-13,27H,14H2,1-3H3;4-13,28H,14H2,1-3H3;5-13,27H,25H2,1-4H3;5-13,28H,25H2,1-4H3. The van der Waals surface area contributed by atoms with Crippen LogP contribution in [0.1, 0.15) is 128 Å². The number of nitrogens with zero attached hydrogens (tertiary/aromatic N) is 12. The number of rotatable bonds is 18. The van der Waals surface area contributed by atoms with Gasteiger partial charge in [0.15, 0.2) is 12.4 Å². The lowest BCUT2D eigenvalue weighted by molar-refractivity contribution is -0.577. The summed E-state index contributed by atoms with van der Waals surface area (Å²) in [4.78, 5) is 7.71. The lowest BCUT2D eigenvalue weighted by Crippen LogP contribution is -2.27. The van der Waals surface area contributed by atoms with Crippen molar-refractivity contribution in [1.29, 1.82) is 0 Å². The molecule has 0 aliphatic rings. The predicted octanol–water partition coefficient (Wildman–Crippen LogP) is 17.8. The summed E-state index contributed by atoms with van der Waals surface area (Å²) in [6, 6.07) is 51.5. The van der Waals surface area contributed by atoms with E-state index in [-0.39, 0.29) is 65.4 Å². The number of aryl methyl sites for hydroxylation is 2. The van der Waals surface area contributed by atoms with E-state index in [4.69, 9.17) is 11.5 Å². The number of benzene rings is 8. The van der Waals surface area contributed by atoms with Crippen molar-refractivity contribution in [2.24, 2.45) is 0 Å². The van der Waals surface area contributed by atoms with E-state index in [1.165, 1.54) is 91.8 Å². The number of nitrogen functional groups attached to an aromatic ring is 2. The first-order chi connectivity index (χ1) is 61.0. The number of sulfonamides is 4. The molecule has 0 saturated carbocycles. The van der Waals surface area contributed by atoms with E-state index in [1.807, 2.05) is 101 Å². The summed E-state index contributed by atoms with van der Waals surface area (Å²) in [5.74, 6) is -2.07. The number of anilines is 6. The summed E-state index contributed by atoms with van der Waals surface area (Å²) in [5.41, 5.74) is 17.6. The molecule has 0 spiro atoms. The largest absolute Gasteiger partial charge is 0.618 e. The minimum atomic E-state index is -4.23. The van der Waals surface area contributed by atoms with Crippen LogP contribution in [-0.2, 0) is 75.1 Å². The van der Waals surface area contributed by atoms with E-state index >= 15 is 0 Å². The number of nitrogens with one attached hydrogen (secondary N) is 4. The van der Waals surface area contributed by atoms with Gasteiger partial charge in [-0.3, -0.25) is 28.9 Å². The van der Waals surface area contributed by atoms with Crippen LogP contribution in [0.3, 0.4) is 0 Å². The molecule has 0 radical (unpaired) electrons. The van der Waals surface area contributed by atoms with E-state index in [0.717, 1.165) is 29.7 Å². The number of halogens is 6. The molecule has 0 atom stereocenters. The van der Waals surface area contributed by atoms with Crippen LogP contribution in [0.4, 0.5) is 61.0 Å². The molecule has 0 bridgehead atoms. The van der Waals surface area contributed by atoms with Crippen LogP contribution in [0, 0.1) is 47.5 Å². The van der Waals surface area contributed by atoms with E-state index in [2.05, 4.69) is 49.3 Å². The van der Waals surface area contributed by atoms with Crippen LogP contribution in [0.25, 0.3) is 66.4 Å². The van der Waals surface area contributed by atoms with Gasteiger partial charge in [0, 0.05) is 65.6 Å². The van der Waals surface area contributed by atoms with Crippen LogP contribution >= 0.6 is 0 Å². The quantitative estimate of drug-likeness (QED) is 0.0201. The fourth-order valence-corrected chi connectivity index (χ4v) is 18.6. The van der Waals surface area contributed by atoms with Crippen LogP contribution in [-0.4, -0.2) is 82.8 Å². The third kappa shape index (κ3) is 20.0. The molecule has 38 heteroatoms. The second-order valence-electron chi connectivity index (χ2n) is 34.5. The van der Waals surface area contributed by atoms with Gasteiger partial charge in [0.05, 0.1) is 92.6 Å². The molecule has 8 heterocycles. The summed E-state index contributed by atoms with van der Waals surface area (Å²) in [6.45, 7) is 23.8. The maximum atomic E-state index is 14.7. The van der Waals surface area contributed by atoms with Crippen LogP contribution in [0.15, 0.2) is 251 Å². The molecular formula is C92H92F6N18O10S4. The third-order valence-electron chi connectivity index (χ3n) is 20.7. The van der Waals surface area contributed by atoms with Gasteiger partial charge in [0.1, 0.15) is 65.6 Å². The fraction of sp³-hybridized carbons (Fsp3) is 0.217. The van der Waals surface area contributed by atoms with Crippen molar-refractivity contribution in [2.75, 3.05) is 30.4 Å².